The van der Waals surface area contributed by atoms with Crippen LogP contribution in [-0.2, 0) is 14.4 Å². The lowest BCUT2D eigenvalue weighted by Crippen LogP contribution is -2.31. The van der Waals surface area contributed by atoms with E-state index in [2.05, 4.69) is 5.32 Å². The van der Waals surface area contributed by atoms with E-state index in [1.807, 2.05) is 13.8 Å². The first-order chi connectivity index (χ1) is 10.5. The first-order valence-corrected chi connectivity index (χ1v) is 7.41. The van der Waals surface area contributed by atoms with Gasteiger partial charge in [-0.1, -0.05) is 13.8 Å². The molecule has 23 heavy (non-hydrogen) atoms. The zero-order valence-corrected chi connectivity index (χ0v) is 13.9. The SMILES string of the molecule is CC(C)C[C@H](N)C(=O)O.C[C@H](N)C(=O)O.O=C(O)[C@@H]1CCCN1. The highest BCUT2D eigenvalue weighted by atomic mass is 16.4. The van der Waals surface area contributed by atoms with E-state index in [-0.39, 0.29) is 6.04 Å². The Morgan fingerprint density at radius 1 is 1.09 bits per heavy atom. The highest BCUT2D eigenvalue weighted by Gasteiger charge is 2.20. The van der Waals surface area contributed by atoms with Crippen LogP contribution < -0.4 is 16.8 Å². The maximum Gasteiger partial charge on any atom is 0.320 e. The van der Waals surface area contributed by atoms with Gasteiger partial charge in [0.2, 0.25) is 0 Å². The van der Waals surface area contributed by atoms with Crippen LogP contribution in [-0.4, -0.2) is 57.9 Å². The molecule has 0 radical (unpaired) electrons. The standard InChI is InChI=1S/C6H13NO2.C5H9NO2.C3H7NO2/c1-4(2)3-5(7)6(8)9;7-5(8)4-2-1-3-6-4;1-2(4)3(5)6/h4-5H,3,7H2,1-2H3,(H,8,9);4,6H,1-3H2,(H,7,8);2H,4H2,1H3,(H,5,6)/t5-;4-;2-/m000/s1. The van der Waals surface area contributed by atoms with Gasteiger partial charge in [0.05, 0.1) is 0 Å². The third kappa shape index (κ3) is 15.0. The topological polar surface area (TPSA) is 176 Å². The fourth-order valence-electron chi connectivity index (χ4n) is 1.50. The van der Waals surface area contributed by atoms with Gasteiger partial charge < -0.3 is 32.1 Å². The van der Waals surface area contributed by atoms with Crippen LogP contribution in [0.5, 0.6) is 0 Å². The summed E-state index contributed by atoms with van der Waals surface area (Å²) in [5, 5.41) is 27.4. The van der Waals surface area contributed by atoms with E-state index in [0.29, 0.717) is 12.3 Å². The van der Waals surface area contributed by atoms with E-state index in [9.17, 15) is 14.4 Å². The number of carboxylic acids is 3. The highest BCUT2D eigenvalue weighted by molar-refractivity contribution is 5.73. The molecule has 1 saturated heterocycles. The third-order valence-electron chi connectivity index (χ3n) is 2.79. The van der Waals surface area contributed by atoms with E-state index in [4.69, 9.17) is 26.8 Å². The Labute approximate surface area is 136 Å². The molecule has 1 rings (SSSR count). The van der Waals surface area contributed by atoms with E-state index in [0.717, 1.165) is 19.4 Å². The largest absolute Gasteiger partial charge is 0.480 e. The van der Waals surface area contributed by atoms with Crippen molar-refractivity contribution in [2.45, 2.75) is 58.2 Å². The molecule has 3 atom stereocenters. The second-order valence-corrected chi connectivity index (χ2v) is 5.69. The zero-order valence-electron chi connectivity index (χ0n) is 13.9. The minimum atomic E-state index is -0.963. The molecule has 0 spiro atoms. The van der Waals surface area contributed by atoms with Crippen LogP contribution in [0.4, 0.5) is 0 Å². The van der Waals surface area contributed by atoms with Gasteiger partial charge in [-0.05, 0) is 38.6 Å². The fraction of sp³-hybridized carbons (Fsp3) is 0.786. The minimum Gasteiger partial charge on any atom is -0.480 e. The summed E-state index contributed by atoms with van der Waals surface area (Å²) in [7, 11) is 0. The second kappa shape index (κ2) is 12.8. The summed E-state index contributed by atoms with van der Waals surface area (Å²) < 4.78 is 0. The number of carboxylic acid groups (broad SMARTS) is 3. The lowest BCUT2D eigenvalue weighted by atomic mass is 10.1. The predicted octanol–water partition coefficient (Wildman–Crippen LogP) is -0.314. The Bertz CT molecular complexity index is 368. The normalized spacial score (nSPS) is 18.8. The molecule has 0 bridgehead atoms. The Hall–Kier alpha value is -1.71. The summed E-state index contributed by atoms with van der Waals surface area (Å²) in [6, 6.07) is -1.69. The van der Waals surface area contributed by atoms with E-state index in [1.165, 1.54) is 6.92 Å². The molecule has 1 fully saturated rings. The molecule has 0 aromatic rings. The number of nitrogens with two attached hydrogens (primary N) is 2. The van der Waals surface area contributed by atoms with Gasteiger partial charge >= 0.3 is 17.9 Å². The molecule has 0 aliphatic carbocycles. The summed E-state index contributed by atoms with van der Waals surface area (Å²) in [4.78, 5) is 29.8. The van der Waals surface area contributed by atoms with Gasteiger partial charge in [0, 0.05) is 0 Å². The maximum atomic E-state index is 10.1. The summed E-state index contributed by atoms with van der Waals surface area (Å²) in [6.45, 7) is 6.17. The molecule has 1 heterocycles. The zero-order chi connectivity index (χ0) is 18.6. The lowest BCUT2D eigenvalue weighted by Gasteiger charge is -2.07. The Kier molecular flexibility index (Phi) is 13.1. The number of aliphatic carboxylic acids is 3. The molecule has 9 nitrogen and oxygen atoms in total. The van der Waals surface area contributed by atoms with E-state index in [1.54, 1.807) is 0 Å². The molecule has 0 unspecified atom stereocenters. The first kappa shape index (κ1) is 23.6. The van der Waals surface area contributed by atoms with Gasteiger partial charge in [-0.2, -0.15) is 0 Å². The summed E-state index contributed by atoms with van der Waals surface area (Å²) in [5.74, 6) is -2.24. The molecule has 136 valence electrons. The number of rotatable bonds is 5. The van der Waals surface area contributed by atoms with Crippen LogP contribution in [0.15, 0.2) is 0 Å². The Morgan fingerprint density at radius 3 is 1.70 bits per heavy atom. The van der Waals surface area contributed by atoms with E-state index < -0.39 is 30.0 Å². The van der Waals surface area contributed by atoms with Gasteiger partial charge in [-0.25, -0.2) is 0 Å². The van der Waals surface area contributed by atoms with Crippen molar-refractivity contribution in [1.82, 2.24) is 5.32 Å². The minimum absolute atomic E-state index is 0.269. The molecule has 0 aromatic heterocycles. The molecule has 0 aromatic carbocycles. The second-order valence-electron chi connectivity index (χ2n) is 5.69. The van der Waals surface area contributed by atoms with Gasteiger partial charge in [0.1, 0.15) is 18.1 Å². The van der Waals surface area contributed by atoms with Crippen molar-refractivity contribution in [2.24, 2.45) is 17.4 Å². The van der Waals surface area contributed by atoms with Crippen LogP contribution in [0.2, 0.25) is 0 Å². The average molecular weight is 335 g/mol. The predicted molar refractivity (Wildman–Crippen MR) is 85.0 cm³/mol. The van der Waals surface area contributed by atoms with Gasteiger partial charge in [-0.3, -0.25) is 14.4 Å². The average Bonchev–Trinajstić information content (AvgIpc) is 2.93. The van der Waals surface area contributed by atoms with Crippen molar-refractivity contribution in [2.75, 3.05) is 6.54 Å². The van der Waals surface area contributed by atoms with Crippen LogP contribution in [0.3, 0.4) is 0 Å². The first-order valence-electron chi connectivity index (χ1n) is 7.41. The molecule has 8 N–H and O–H groups in total. The molecule has 1 aliphatic rings. The molecule has 1 aliphatic heterocycles. The van der Waals surface area contributed by atoms with Gasteiger partial charge in [0.25, 0.3) is 0 Å². The fourth-order valence-corrected chi connectivity index (χ4v) is 1.50. The van der Waals surface area contributed by atoms with Crippen molar-refractivity contribution >= 4 is 17.9 Å². The number of carbonyl (C=O) groups is 3. The third-order valence-corrected chi connectivity index (χ3v) is 2.79. The quantitative estimate of drug-likeness (QED) is 0.393. The number of hydrogen-bond acceptors (Lipinski definition) is 6. The summed E-state index contributed by atoms with van der Waals surface area (Å²) >= 11 is 0. The van der Waals surface area contributed by atoms with Crippen LogP contribution >= 0.6 is 0 Å². The van der Waals surface area contributed by atoms with Gasteiger partial charge in [0.15, 0.2) is 0 Å². The molecular formula is C14H29N3O6. The molecule has 9 heteroatoms. The molecule has 0 saturated carbocycles. The van der Waals surface area contributed by atoms with Crippen LogP contribution in [0.25, 0.3) is 0 Å². The van der Waals surface area contributed by atoms with Crippen molar-refractivity contribution in [1.29, 1.82) is 0 Å². The molecule has 0 amide bonds. The van der Waals surface area contributed by atoms with Crippen molar-refractivity contribution in [3.63, 3.8) is 0 Å². The van der Waals surface area contributed by atoms with Crippen LogP contribution in [0, 0.1) is 5.92 Å². The van der Waals surface area contributed by atoms with E-state index >= 15 is 0 Å². The molecular weight excluding hydrogens is 306 g/mol. The monoisotopic (exact) mass is 335 g/mol. The summed E-state index contributed by atoms with van der Waals surface area (Å²) in [6.07, 6.45) is 2.33. The smallest absolute Gasteiger partial charge is 0.320 e. The number of hydrogen-bond donors (Lipinski definition) is 6. The lowest BCUT2D eigenvalue weighted by molar-refractivity contribution is -0.139. The summed E-state index contributed by atoms with van der Waals surface area (Å²) in [5.41, 5.74) is 10.1. The number of nitrogens with one attached hydrogen (secondary N) is 1. The van der Waals surface area contributed by atoms with Crippen molar-refractivity contribution in [3.8, 4) is 0 Å². The Balaban J connectivity index is 0. The Morgan fingerprint density at radius 2 is 1.57 bits per heavy atom. The van der Waals surface area contributed by atoms with Gasteiger partial charge in [-0.15, -0.1) is 0 Å². The van der Waals surface area contributed by atoms with Crippen molar-refractivity contribution in [3.05, 3.63) is 0 Å². The van der Waals surface area contributed by atoms with Crippen molar-refractivity contribution < 1.29 is 29.7 Å². The highest BCUT2D eigenvalue weighted by Crippen LogP contribution is 2.03. The van der Waals surface area contributed by atoms with Crippen LogP contribution in [0.1, 0.15) is 40.0 Å². The maximum absolute atomic E-state index is 10.1.